The van der Waals surface area contributed by atoms with Gasteiger partial charge in [-0.05, 0) is 61.6 Å². The van der Waals surface area contributed by atoms with E-state index < -0.39 is 0 Å². The highest BCUT2D eigenvalue weighted by atomic mass is 32.1. The summed E-state index contributed by atoms with van der Waals surface area (Å²) in [6.07, 6.45) is 9.40. The van der Waals surface area contributed by atoms with E-state index in [-0.39, 0.29) is 17.5 Å². The predicted molar refractivity (Wildman–Crippen MR) is 117 cm³/mol. The highest BCUT2D eigenvalue weighted by Crippen LogP contribution is 2.34. The zero-order valence-corrected chi connectivity index (χ0v) is 17.8. The van der Waals surface area contributed by atoms with Crippen molar-refractivity contribution in [3.05, 3.63) is 44.7 Å². The lowest BCUT2D eigenvalue weighted by Gasteiger charge is -2.34. The van der Waals surface area contributed by atoms with E-state index in [0.717, 1.165) is 42.3 Å². The summed E-state index contributed by atoms with van der Waals surface area (Å²) < 4.78 is 1.56. The quantitative estimate of drug-likeness (QED) is 0.685. The smallest absolute Gasteiger partial charge is 0.266 e. The molecule has 0 radical (unpaired) electrons. The molecular formula is C23H27N3O2S. The van der Waals surface area contributed by atoms with Gasteiger partial charge in [-0.25, -0.2) is 4.98 Å². The molecule has 0 unspecified atom stereocenters. The Labute approximate surface area is 174 Å². The van der Waals surface area contributed by atoms with E-state index in [2.05, 4.69) is 19.2 Å². The molecular weight excluding hydrogens is 382 g/mol. The van der Waals surface area contributed by atoms with Gasteiger partial charge in [0.2, 0.25) is 0 Å². The van der Waals surface area contributed by atoms with Crippen molar-refractivity contribution < 1.29 is 4.79 Å². The largest absolute Gasteiger partial charge is 0.349 e. The number of nitrogens with one attached hydrogen (secondary N) is 1. The Morgan fingerprint density at radius 2 is 2.03 bits per heavy atom. The minimum atomic E-state index is -0.124. The van der Waals surface area contributed by atoms with Crippen LogP contribution in [-0.2, 0) is 12.8 Å². The van der Waals surface area contributed by atoms with E-state index in [0.29, 0.717) is 23.0 Å². The van der Waals surface area contributed by atoms with E-state index >= 15 is 0 Å². The van der Waals surface area contributed by atoms with Gasteiger partial charge in [-0.15, -0.1) is 11.3 Å². The van der Waals surface area contributed by atoms with Crippen molar-refractivity contribution in [3.8, 4) is 0 Å². The Balaban J connectivity index is 1.59. The summed E-state index contributed by atoms with van der Waals surface area (Å²) in [5, 5.41) is 3.99. The first-order valence-electron chi connectivity index (χ1n) is 10.8. The van der Waals surface area contributed by atoms with E-state index in [1.165, 1.54) is 23.3 Å². The Morgan fingerprint density at radius 3 is 2.90 bits per heavy atom. The molecule has 1 amide bonds. The van der Waals surface area contributed by atoms with Crippen LogP contribution in [0.25, 0.3) is 15.9 Å². The topological polar surface area (TPSA) is 63.5 Å². The molecule has 5 nitrogen and oxygen atoms in total. The number of rotatable bonds is 2. The number of carbonyl (C=O) groups is 1. The molecule has 152 valence electrons. The van der Waals surface area contributed by atoms with Crippen molar-refractivity contribution in [1.82, 2.24) is 14.7 Å². The predicted octanol–water partition coefficient (Wildman–Crippen LogP) is 4.34. The number of hydrogen-bond donors (Lipinski definition) is 1. The Bertz CT molecular complexity index is 1160. The summed E-state index contributed by atoms with van der Waals surface area (Å²) >= 11 is 1.63. The minimum absolute atomic E-state index is 0.0429. The molecule has 3 aromatic heterocycles. The van der Waals surface area contributed by atoms with Crippen LogP contribution in [0.3, 0.4) is 0 Å². The van der Waals surface area contributed by atoms with Crippen LogP contribution >= 0.6 is 11.3 Å². The molecule has 0 aliphatic heterocycles. The second-order valence-electron chi connectivity index (χ2n) is 8.77. The third-order valence-electron chi connectivity index (χ3n) is 7.03. The van der Waals surface area contributed by atoms with Gasteiger partial charge in [-0.2, -0.15) is 0 Å². The molecule has 29 heavy (non-hydrogen) atoms. The third-order valence-corrected chi connectivity index (χ3v) is 8.21. The molecule has 1 N–H and O–H groups in total. The van der Waals surface area contributed by atoms with Crippen LogP contribution in [-0.4, -0.2) is 21.3 Å². The van der Waals surface area contributed by atoms with Gasteiger partial charge in [-0.1, -0.05) is 26.7 Å². The number of amides is 1. The van der Waals surface area contributed by atoms with Crippen molar-refractivity contribution >= 4 is 33.1 Å². The highest BCUT2D eigenvalue weighted by molar-refractivity contribution is 7.18. The van der Waals surface area contributed by atoms with E-state index in [1.54, 1.807) is 34.1 Å². The molecule has 5 rings (SSSR count). The molecule has 1 fully saturated rings. The zero-order chi connectivity index (χ0) is 20.1. The minimum Gasteiger partial charge on any atom is -0.349 e. The van der Waals surface area contributed by atoms with E-state index in [4.69, 9.17) is 4.98 Å². The maximum atomic E-state index is 13.3. The van der Waals surface area contributed by atoms with Crippen LogP contribution in [0.2, 0.25) is 0 Å². The first-order valence-corrected chi connectivity index (χ1v) is 11.6. The summed E-state index contributed by atoms with van der Waals surface area (Å²) in [6.45, 7) is 4.48. The average molecular weight is 410 g/mol. The summed E-state index contributed by atoms with van der Waals surface area (Å²) in [5.74, 6) is 0.940. The van der Waals surface area contributed by atoms with Crippen molar-refractivity contribution in [1.29, 1.82) is 0 Å². The highest BCUT2D eigenvalue weighted by Gasteiger charge is 2.29. The van der Waals surface area contributed by atoms with Crippen molar-refractivity contribution in [2.24, 2.45) is 11.8 Å². The second kappa shape index (κ2) is 7.24. The number of nitrogens with zero attached hydrogens (tertiary/aromatic N) is 2. The number of fused-ring (bicyclic) bond motifs is 4. The summed E-state index contributed by atoms with van der Waals surface area (Å²) in [4.78, 5) is 33.3. The number of aromatic nitrogens is 2. The molecule has 2 aliphatic rings. The molecule has 2 aliphatic carbocycles. The van der Waals surface area contributed by atoms with Gasteiger partial charge < -0.3 is 5.32 Å². The standard InChI is InChI=1S/C23H27N3O2S/c1-13-7-5-10-17(14(13)2)24-21(27)16-9-6-12-26-20(16)25-22-19(23(26)28)15-8-3-4-11-18(15)29-22/h6,9,12-14,17H,3-5,7-8,10-11H2,1-2H3,(H,24,27)/t13-,14-,17-/m1/s1. The lowest BCUT2D eigenvalue weighted by molar-refractivity contribution is 0.0892. The maximum absolute atomic E-state index is 13.3. The van der Waals surface area contributed by atoms with Gasteiger partial charge in [0.25, 0.3) is 11.5 Å². The fourth-order valence-electron chi connectivity index (χ4n) is 5.05. The van der Waals surface area contributed by atoms with Crippen LogP contribution in [0.1, 0.15) is 66.8 Å². The molecule has 1 saturated carbocycles. The normalized spacial score (nSPS) is 24.6. The van der Waals surface area contributed by atoms with E-state index in [1.807, 2.05) is 0 Å². The molecule has 6 heteroatoms. The van der Waals surface area contributed by atoms with Crippen molar-refractivity contribution in [2.45, 2.75) is 64.8 Å². The lowest BCUT2D eigenvalue weighted by Crippen LogP contribution is -2.43. The van der Waals surface area contributed by atoms with Gasteiger partial charge in [0.1, 0.15) is 4.83 Å². The second-order valence-corrected chi connectivity index (χ2v) is 9.85. The molecule has 3 atom stereocenters. The monoisotopic (exact) mass is 409 g/mol. The van der Waals surface area contributed by atoms with Gasteiger partial charge >= 0.3 is 0 Å². The van der Waals surface area contributed by atoms with Crippen LogP contribution in [0, 0.1) is 11.8 Å². The van der Waals surface area contributed by atoms with Gasteiger partial charge in [-0.3, -0.25) is 14.0 Å². The molecule has 0 spiro atoms. The maximum Gasteiger partial charge on any atom is 0.266 e. The number of hydrogen-bond acceptors (Lipinski definition) is 4. The van der Waals surface area contributed by atoms with Crippen LogP contribution < -0.4 is 10.9 Å². The molecule has 0 saturated heterocycles. The summed E-state index contributed by atoms with van der Waals surface area (Å²) in [6, 6.07) is 3.74. The summed E-state index contributed by atoms with van der Waals surface area (Å²) in [5.41, 5.74) is 2.10. The fraction of sp³-hybridized carbons (Fsp3) is 0.522. The first-order chi connectivity index (χ1) is 14.0. The first kappa shape index (κ1) is 18.8. The molecule has 0 bridgehead atoms. The average Bonchev–Trinajstić information content (AvgIpc) is 3.10. The number of thiophene rings is 1. The van der Waals surface area contributed by atoms with Crippen molar-refractivity contribution in [2.75, 3.05) is 0 Å². The third kappa shape index (κ3) is 3.08. The number of carbonyl (C=O) groups excluding carboxylic acids is 1. The van der Waals surface area contributed by atoms with Crippen LogP contribution in [0.5, 0.6) is 0 Å². The van der Waals surface area contributed by atoms with Crippen molar-refractivity contribution in [3.63, 3.8) is 0 Å². The zero-order valence-electron chi connectivity index (χ0n) is 17.0. The Kier molecular flexibility index (Phi) is 4.69. The van der Waals surface area contributed by atoms with Gasteiger partial charge in [0, 0.05) is 17.1 Å². The SMILES string of the molecule is C[C@@H]1[C@H](C)CCC[C@H]1NC(=O)c1cccn2c(=O)c3c4c(sc3nc12)CCCC4. The molecule has 3 aromatic rings. The Morgan fingerprint density at radius 1 is 1.21 bits per heavy atom. The van der Waals surface area contributed by atoms with Crippen LogP contribution in [0.15, 0.2) is 23.1 Å². The van der Waals surface area contributed by atoms with Gasteiger partial charge in [0.05, 0.1) is 10.9 Å². The Hall–Kier alpha value is -2.21. The molecule has 3 heterocycles. The van der Waals surface area contributed by atoms with Crippen LogP contribution in [0.4, 0.5) is 0 Å². The number of aryl methyl sites for hydroxylation is 2. The lowest BCUT2D eigenvalue weighted by atomic mass is 9.78. The summed E-state index contributed by atoms with van der Waals surface area (Å²) in [7, 11) is 0. The molecule has 0 aromatic carbocycles. The number of pyridine rings is 1. The van der Waals surface area contributed by atoms with Gasteiger partial charge in [0.15, 0.2) is 5.65 Å². The fourth-order valence-corrected chi connectivity index (χ4v) is 6.31. The van der Waals surface area contributed by atoms with E-state index in [9.17, 15) is 9.59 Å².